The van der Waals surface area contributed by atoms with Crippen LogP contribution in [-0.4, -0.2) is 12.4 Å². The Morgan fingerprint density at radius 1 is 1.29 bits per heavy atom. The molecule has 0 bridgehead atoms. The van der Waals surface area contributed by atoms with Crippen LogP contribution in [0.2, 0.25) is 0 Å². The molecule has 0 spiro atoms. The van der Waals surface area contributed by atoms with Crippen molar-refractivity contribution in [1.82, 2.24) is 0 Å². The zero-order valence-electron chi connectivity index (χ0n) is 8.11. The molecular formula is C12H14O2. The average Bonchev–Trinajstić information content (AvgIpc) is 3.02. The maximum atomic E-state index is 11.3. The largest absolute Gasteiger partial charge is 0.369 e. The Labute approximate surface area is 83.9 Å². The Kier molecular flexibility index (Phi) is 2.94. The van der Waals surface area contributed by atoms with E-state index < -0.39 is 0 Å². The topological polar surface area (TPSA) is 26.3 Å². The molecule has 0 aromatic heterocycles. The second kappa shape index (κ2) is 4.38. The van der Waals surface area contributed by atoms with Crippen molar-refractivity contribution in [3.63, 3.8) is 0 Å². The van der Waals surface area contributed by atoms with Gasteiger partial charge in [0.2, 0.25) is 0 Å². The number of benzene rings is 1. The summed E-state index contributed by atoms with van der Waals surface area (Å²) in [5.74, 6) is 0.576. The highest BCUT2D eigenvalue weighted by atomic mass is 16.5. The van der Waals surface area contributed by atoms with E-state index in [1.54, 1.807) is 0 Å². The van der Waals surface area contributed by atoms with Gasteiger partial charge in [0.15, 0.2) is 5.78 Å². The number of Topliss-reactive ketones (excluding diaryl/α,β-unsaturated/α-hetero) is 1. The summed E-state index contributed by atoms with van der Waals surface area (Å²) in [4.78, 5) is 11.3. The molecule has 1 fully saturated rings. The first-order valence-electron chi connectivity index (χ1n) is 5.00. The summed E-state index contributed by atoms with van der Waals surface area (Å²) in [6.07, 6.45) is 2.13. The molecule has 1 aliphatic carbocycles. The lowest BCUT2D eigenvalue weighted by molar-refractivity contribution is -0.125. The summed E-state index contributed by atoms with van der Waals surface area (Å²) in [7, 11) is 0. The summed E-state index contributed by atoms with van der Waals surface area (Å²) < 4.78 is 5.33. The highest BCUT2D eigenvalue weighted by Gasteiger charge is 2.28. The molecule has 1 aliphatic rings. The molecule has 1 aromatic rings. The normalized spacial score (nSPS) is 15.4. The number of ketones is 1. The van der Waals surface area contributed by atoms with Gasteiger partial charge in [-0.2, -0.15) is 0 Å². The van der Waals surface area contributed by atoms with E-state index in [9.17, 15) is 4.79 Å². The molecular weight excluding hydrogens is 176 g/mol. The van der Waals surface area contributed by atoms with Crippen molar-refractivity contribution in [3.8, 4) is 0 Å². The van der Waals surface area contributed by atoms with E-state index in [2.05, 4.69) is 0 Å². The second-order valence-electron chi connectivity index (χ2n) is 3.72. The Hall–Kier alpha value is -1.15. The minimum atomic E-state index is 0.265. The molecule has 0 atom stereocenters. The SMILES string of the molecule is O=C(COCc1ccccc1)C1CC1. The minimum absolute atomic E-state index is 0.265. The van der Waals surface area contributed by atoms with Crippen molar-refractivity contribution < 1.29 is 9.53 Å². The van der Waals surface area contributed by atoms with Crippen LogP contribution in [0.15, 0.2) is 30.3 Å². The van der Waals surface area contributed by atoms with E-state index in [-0.39, 0.29) is 12.4 Å². The van der Waals surface area contributed by atoms with Gasteiger partial charge in [0.05, 0.1) is 6.61 Å². The summed E-state index contributed by atoms with van der Waals surface area (Å²) >= 11 is 0. The zero-order valence-corrected chi connectivity index (χ0v) is 8.11. The fourth-order valence-electron chi connectivity index (χ4n) is 1.37. The number of rotatable bonds is 5. The lowest BCUT2D eigenvalue weighted by Gasteiger charge is -2.02. The van der Waals surface area contributed by atoms with Gasteiger partial charge in [-0.3, -0.25) is 4.79 Å². The van der Waals surface area contributed by atoms with Crippen LogP contribution in [0.1, 0.15) is 18.4 Å². The van der Waals surface area contributed by atoms with Gasteiger partial charge in [0.1, 0.15) is 6.61 Å². The third-order valence-corrected chi connectivity index (χ3v) is 2.39. The molecule has 1 aromatic carbocycles. The first-order chi connectivity index (χ1) is 6.86. The van der Waals surface area contributed by atoms with Crippen molar-refractivity contribution in [3.05, 3.63) is 35.9 Å². The van der Waals surface area contributed by atoms with E-state index in [1.165, 1.54) is 0 Å². The molecule has 1 saturated carbocycles. The Bertz CT molecular complexity index is 301. The van der Waals surface area contributed by atoms with Gasteiger partial charge < -0.3 is 4.74 Å². The molecule has 0 amide bonds. The number of hydrogen-bond donors (Lipinski definition) is 0. The first kappa shape index (κ1) is 9.41. The van der Waals surface area contributed by atoms with E-state index >= 15 is 0 Å². The summed E-state index contributed by atoms with van der Waals surface area (Å²) in [5.41, 5.74) is 1.12. The average molecular weight is 190 g/mol. The predicted molar refractivity (Wildman–Crippen MR) is 53.8 cm³/mol. The molecule has 0 heterocycles. The van der Waals surface area contributed by atoms with Crippen molar-refractivity contribution in [2.75, 3.05) is 6.61 Å². The Balaban J connectivity index is 1.70. The van der Waals surface area contributed by atoms with Crippen LogP contribution in [0.4, 0.5) is 0 Å². The van der Waals surface area contributed by atoms with Crippen LogP contribution in [0.3, 0.4) is 0 Å². The van der Waals surface area contributed by atoms with Gasteiger partial charge in [-0.15, -0.1) is 0 Å². The maximum Gasteiger partial charge on any atom is 0.161 e. The van der Waals surface area contributed by atoms with Gasteiger partial charge in [-0.1, -0.05) is 30.3 Å². The number of hydrogen-bond acceptors (Lipinski definition) is 2. The van der Waals surface area contributed by atoms with Crippen LogP contribution >= 0.6 is 0 Å². The number of carbonyl (C=O) groups excluding carboxylic acids is 1. The third kappa shape index (κ3) is 2.67. The fourth-order valence-corrected chi connectivity index (χ4v) is 1.37. The second-order valence-corrected chi connectivity index (χ2v) is 3.72. The Morgan fingerprint density at radius 3 is 2.64 bits per heavy atom. The fraction of sp³-hybridized carbons (Fsp3) is 0.417. The lowest BCUT2D eigenvalue weighted by Crippen LogP contribution is -2.10. The van der Waals surface area contributed by atoms with Crippen LogP contribution in [-0.2, 0) is 16.1 Å². The van der Waals surface area contributed by atoms with Crippen molar-refractivity contribution >= 4 is 5.78 Å². The van der Waals surface area contributed by atoms with E-state index in [1.807, 2.05) is 30.3 Å². The molecule has 0 aliphatic heterocycles. The summed E-state index contributed by atoms with van der Waals surface area (Å²) in [6, 6.07) is 9.92. The molecule has 14 heavy (non-hydrogen) atoms. The minimum Gasteiger partial charge on any atom is -0.369 e. The van der Waals surface area contributed by atoms with E-state index in [0.29, 0.717) is 12.5 Å². The highest BCUT2D eigenvalue weighted by Crippen LogP contribution is 2.29. The predicted octanol–water partition coefficient (Wildman–Crippen LogP) is 2.18. The molecule has 2 rings (SSSR count). The molecule has 0 N–H and O–H groups in total. The standard InChI is InChI=1S/C12H14O2/c13-12(11-6-7-11)9-14-8-10-4-2-1-3-5-10/h1-5,11H,6-9H2. The van der Waals surface area contributed by atoms with Crippen molar-refractivity contribution in [1.29, 1.82) is 0 Å². The molecule has 74 valence electrons. The quantitative estimate of drug-likeness (QED) is 0.711. The van der Waals surface area contributed by atoms with Gasteiger partial charge in [-0.05, 0) is 18.4 Å². The maximum absolute atomic E-state index is 11.3. The molecule has 0 unspecified atom stereocenters. The van der Waals surface area contributed by atoms with Crippen LogP contribution in [0.5, 0.6) is 0 Å². The van der Waals surface area contributed by atoms with Crippen LogP contribution in [0, 0.1) is 5.92 Å². The molecule has 0 saturated heterocycles. The lowest BCUT2D eigenvalue weighted by atomic mass is 10.2. The van der Waals surface area contributed by atoms with Gasteiger partial charge >= 0.3 is 0 Å². The number of ether oxygens (including phenoxy) is 1. The van der Waals surface area contributed by atoms with Crippen molar-refractivity contribution in [2.24, 2.45) is 5.92 Å². The molecule has 2 nitrogen and oxygen atoms in total. The van der Waals surface area contributed by atoms with Crippen LogP contribution in [0.25, 0.3) is 0 Å². The summed E-state index contributed by atoms with van der Waals surface area (Å²) in [5, 5.41) is 0. The summed E-state index contributed by atoms with van der Waals surface area (Å²) in [6.45, 7) is 0.818. The van der Waals surface area contributed by atoms with E-state index in [4.69, 9.17) is 4.74 Å². The smallest absolute Gasteiger partial charge is 0.161 e. The van der Waals surface area contributed by atoms with Crippen molar-refractivity contribution in [2.45, 2.75) is 19.4 Å². The third-order valence-electron chi connectivity index (χ3n) is 2.39. The molecule has 0 radical (unpaired) electrons. The van der Waals surface area contributed by atoms with Gasteiger partial charge in [0, 0.05) is 5.92 Å². The van der Waals surface area contributed by atoms with Gasteiger partial charge in [-0.25, -0.2) is 0 Å². The van der Waals surface area contributed by atoms with Crippen LogP contribution < -0.4 is 0 Å². The number of carbonyl (C=O) groups is 1. The first-order valence-corrected chi connectivity index (χ1v) is 5.00. The van der Waals surface area contributed by atoms with Gasteiger partial charge in [0.25, 0.3) is 0 Å². The highest BCUT2D eigenvalue weighted by molar-refractivity contribution is 5.84. The molecule has 2 heteroatoms. The Morgan fingerprint density at radius 2 is 2.00 bits per heavy atom. The van der Waals surface area contributed by atoms with E-state index in [0.717, 1.165) is 18.4 Å². The zero-order chi connectivity index (χ0) is 9.80. The monoisotopic (exact) mass is 190 g/mol.